The molecule has 6 nitrogen and oxygen atoms in total. The number of nitrogens with zero attached hydrogens (tertiary/aromatic N) is 2. The maximum Gasteiger partial charge on any atom is 0.414 e. The number of carbonyl (C=O) groups is 1. The molecule has 2 N–H and O–H groups in total. The van der Waals surface area contributed by atoms with E-state index in [9.17, 15) is 18.4 Å². The summed E-state index contributed by atoms with van der Waals surface area (Å²) in [7, 11) is 0. The van der Waals surface area contributed by atoms with Gasteiger partial charge in [0.25, 0.3) is 5.56 Å². The van der Waals surface area contributed by atoms with E-state index in [1.54, 1.807) is 30.3 Å². The van der Waals surface area contributed by atoms with Gasteiger partial charge in [-0.15, -0.1) is 0 Å². The number of anilines is 1. The highest BCUT2D eigenvalue weighted by molar-refractivity contribution is 5.95. The van der Waals surface area contributed by atoms with E-state index in [-0.39, 0.29) is 29.7 Å². The zero-order valence-corrected chi connectivity index (χ0v) is 14.6. The van der Waals surface area contributed by atoms with E-state index in [1.807, 2.05) is 0 Å². The number of cyclic esters (lactones) is 1. The summed E-state index contributed by atoms with van der Waals surface area (Å²) >= 11 is 0. The minimum absolute atomic E-state index is 0.109. The molecule has 1 aromatic heterocycles. The van der Waals surface area contributed by atoms with Gasteiger partial charge in [-0.3, -0.25) is 9.69 Å². The van der Waals surface area contributed by atoms with Gasteiger partial charge in [-0.2, -0.15) is 8.78 Å². The molecule has 0 saturated carbocycles. The molecule has 0 bridgehead atoms. The number of hydrogen-bond donors (Lipinski definition) is 1. The molecule has 0 spiro atoms. The van der Waals surface area contributed by atoms with Crippen LogP contribution in [0.15, 0.2) is 53.3 Å². The Kier molecular flexibility index (Phi) is 3.39. The molecule has 3 aromatic rings. The van der Waals surface area contributed by atoms with Crippen molar-refractivity contribution in [2.45, 2.75) is 12.2 Å². The first-order valence-electron chi connectivity index (χ1n) is 8.78. The second-order valence-corrected chi connectivity index (χ2v) is 6.88. The lowest BCUT2D eigenvalue weighted by molar-refractivity contribution is -0.0309. The largest absolute Gasteiger partial charge is 0.443 e. The van der Waals surface area contributed by atoms with Crippen molar-refractivity contribution in [3.8, 4) is 11.3 Å². The van der Waals surface area contributed by atoms with E-state index in [0.717, 1.165) is 0 Å². The molecular weight excluding hydrogens is 368 g/mol. The highest BCUT2D eigenvalue weighted by Gasteiger charge is 2.45. The van der Waals surface area contributed by atoms with Crippen LogP contribution in [0.3, 0.4) is 0 Å². The molecule has 1 fully saturated rings. The summed E-state index contributed by atoms with van der Waals surface area (Å²) in [6.45, 7) is 0.422. The molecule has 2 aromatic carbocycles. The van der Waals surface area contributed by atoms with Crippen molar-refractivity contribution in [3.63, 3.8) is 0 Å². The molecule has 8 heteroatoms. The number of ether oxygens (including phenoxy) is 1. The van der Waals surface area contributed by atoms with Gasteiger partial charge in [0.2, 0.25) is 0 Å². The van der Waals surface area contributed by atoms with Gasteiger partial charge in [-0.1, -0.05) is 30.3 Å². The number of pyridine rings is 1. The molecule has 3 heterocycles. The fourth-order valence-corrected chi connectivity index (χ4v) is 3.89. The Balaban J connectivity index is 1.71. The normalized spacial score (nSPS) is 19.6. The molecule has 142 valence electrons. The van der Waals surface area contributed by atoms with E-state index in [4.69, 9.17) is 10.5 Å². The monoisotopic (exact) mass is 383 g/mol. The molecule has 1 unspecified atom stereocenters. The number of aromatic nitrogens is 1. The third-order valence-electron chi connectivity index (χ3n) is 5.26. The van der Waals surface area contributed by atoms with Gasteiger partial charge < -0.3 is 10.5 Å². The van der Waals surface area contributed by atoms with Crippen molar-refractivity contribution in [2.24, 2.45) is 5.73 Å². The summed E-state index contributed by atoms with van der Waals surface area (Å²) in [5.41, 5.74) is 5.46. The van der Waals surface area contributed by atoms with Gasteiger partial charge >= 0.3 is 12.1 Å². The van der Waals surface area contributed by atoms with Gasteiger partial charge in [0.1, 0.15) is 6.10 Å². The Morgan fingerprint density at radius 3 is 2.68 bits per heavy atom. The lowest BCUT2D eigenvalue weighted by Gasteiger charge is -2.17. The zero-order chi connectivity index (χ0) is 19.6. The maximum absolute atomic E-state index is 14.9. The Hall–Kier alpha value is -3.26. The lowest BCUT2D eigenvalue weighted by Crippen LogP contribution is -2.32. The fourth-order valence-electron chi connectivity index (χ4n) is 3.89. The summed E-state index contributed by atoms with van der Waals surface area (Å²) in [5, 5.41) is 0.633. The smallest absolute Gasteiger partial charge is 0.414 e. The van der Waals surface area contributed by atoms with Crippen molar-refractivity contribution in [2.75, 3.05) is 18.0 Å². The Morgan fingerprint density at radius 2 is 1.93 bits per heavy atom. The summed E-state index contributed by atoms with van der Waals surface area (Å²) in [6, 6.07) is 8.98. The lowest BCUT2D eigenvalue weighted by atomic mass is 10.0. The molecule has 0 radical (unpaired) electrons. The number of hydrogen-bond acceptors (Lipinski definition) is 4. The second kappa shape index (κ2) is 5.62. The van der Waals surface area contributed by atoms with Crippen molar-refractivity contribution in [3.05, 3.63) is 64.4 Å². The molecule has 2 aliphatic rings. The third kappa shape index (κ3) is 2.15. The third-order valence-corrected chi connectivity index (χ3v) is 5.26. The maximum atomic E-state index is 14.9. The predicted molar refractivity (Wildman–Crippen MR) is 99.6 cm³/mol. The van der Waals surface area contributed by atoms with Gasteiger partial charge in [0.05, 0.1) is 17.8 Å². The molecule has 5 rings (SSSR count). The molecule has 28 heavy (non-hydrogen) atoms. The number of halogens is 2. The number of nitrogens with two attached hydrogens (primary N) is 1. The number of benzene rings is 2. The predicted octanol–water partition coefficient (Wildman–Crippen LogP) is 2.86. The van der Waals surface area contributed by atoms with Crippen LogP contribution >= 0.6 is 0 Å². The van der Waals surface area contributed by atoms with Gasteiger partial charge in [-0.05, 0) is 23.6 Å². The molecular formula is C20H15F2N3O3. The fraction of sp³-hybridized carbons (Fsp3) is 0.200. The number of amides is 1. The quantitative estimate of drug-likeness (QED) is 0.738. The van der Waals surface area contributed by atoms with Crippen LogP contribution in [0.25, 0.3) is 22.0 Å². The Bertz CT molecular complexity index is 1210. The van der Waals surface area contributed by atoms with Gasteiger partial charge in [0.15, 0.2) is 0 Å². The molecule has 1 atom stereocenters. The average Bonchev–Trinajstić information content (AvgIpc) is 3.18. The van der Waals surface area contributed by atoms with Crippen LogP contribution in [0.1, 0.15) is 5.56 Å². The van der Waals surface area contributed by atoms with Crippen molar-refractivity contribution in [1.82, 2.24) is 4.57 Å². The first kappa shape index (κ1) is 16.9. The number of rotatable bonds is 2. The highest BCUT2D eigenvalue weighted by atomic mass is 19.3. The van der Waals surface area contributed by atoms with Crippen molar-refractivity contribution >= 4 is 22.6 Å². The second-order valence-electron chi connectivity index (χ2n) is 6.88. The number of alkyl halides is 2. The van der Waals surface area contributed by atoms with Crippen LogP contribution in [0.5, 0.6) is 0 Å². The highest BCUT2D eigenvalue weighted by Crippen LogP contribution is 2.45. The van der Waals surface area contributed by atoms with Crippen LogP contribution in [0.4, 0.5) is 19.3 Å². The summed E-state index contributed by atoms with van der Waals surface area (Å²) in [4.78, 5) is 26.4. The van der Waals surface area contributed by atoms with E-state index in [1.165, 1.54) is 23.1 Å². The van der Waals surface area contributed by atoms with Crippen LogP contribution < -0.4 is 16.2 Å². The average molecular weight is 383 g/mol. The van der Waals surface area contributed by atoms with Crippen LogP contribution in [0.2, 0.25) is 0 Å². The van der Waals surface area contributed by atoms with Crippen molar-refractivity contribution < 1.29 is 18.3 Å². The SMILES string of the molecule is NCC1CN(c2ccc3cc4n(c(=O)c3c2)C(F)(F)c2ccccc2-4)C(=O)O1. The van der Waals surface area contributed by atoms with Crippen molar-refractivity contribution in [1.29, 1.82) is 0 Å². The Morgan fingerprint density at radius 1 is 1.14 bits per heavy atom. The number of fused-ring (bicyclic) bond motifs is 4. The van der Waals surface area contributed by atoms with E-state index in [0.29, 0.717) is 21.2 Å². The van der Waals surface area contributed by atoms with E-state index < -0.39 is 23.8 Å². The molecule has 1 saturated heterocycles. The van der Waals surface area contributed by atoms with Crippen LogP contribution in [-0.4, -0.2) is 29.9 Å². The zero-order valence-electron chi connectivity index (χ0n) is 14.6. The molecule has 0 aliphatic carbocycles. The molecule has 1 amide bonds. The van der Waals surface area contributed by atoms with Gasteiger partial charge in [0, 0.05) is 23.2 Å². The molecule has 2 aliphatic heterocycles. The van der Waals surface area contributed by atoms with Crippen LogP contribution in [0, 0.1) is 0 Å². The van der Waals surface area contributed by atoms with Crippen LogP contribution in [-0.2, 0) is 10.8 Å². The summed E-state index contributed by atoms with van der Waals surface area (Å²) < 4.78 is 35.5. The van der Waals surface area contributed by atoms with E-state index >= 15 is 0 Å². The topological polar surface area (TPSA) is 77.6 Å². The minimum atomic E-state index is -3.44. The summed E-state index contributed by atoms with van der Waals surface area (Å²) in [5.74, 6) is 0. The van der Waals surface area contributed by atoms with Gasteiger partial charge in [-0.25, -0.2) is 9.36 Å². The minimum Gasteiger partial charge on any atom is -0.443 e. The Labute approximate surface area is 157 Å². The number of carbonyl (C=O) groups excluding carboxylic acids is 1. The summed E-state index contributed by atoms with van der Waals surface area (Å²) in [6.07, 6.45) is -1.02. The van der Waals surface area contributed by atoms with E-state index in [2.05, 4.69) is 0 Å². The standard InChI is InChI=1S/C20H15F2N3O3/c21-20(22)16-4-2-1-3-14(16)17-7-11-5-6-12(8-15(11)18(26)25(17)20)24-10-13(9-23)28-19(24)27/h1-8,13H,9-10,23H2. The first-order valence-corrected chi connectivity index (χ1v) is 8.78. The first-order chi connectivity index (χ1) is 13.4.